The first kappa shape index (κ1) is 17.3. The number of nitrogens with one attached hydrogen (secondary N) is 1. The second kappa shape index (κ2) is 7.57. The lowest BCUT2D eigenvalue weighted by Crippen LogP contribution is -2.43. The van der Waals surface area contributed by atoms with E-state index in [2.05, 4.69) is 12.2 Å². The lowest BCUT2D eigenvalue weighted by Gasteiger charge is -2.38. The van der Waals surface area contributed by atoms with E-state index in [0.717, 1.165) is 28.9 Å². The Balaban J connectivity index is 1.90. The Kier molecular flexibility index (Phi) is 5.24. The first-order valence-electron chi connectivity index (χ1n) is 8.74. The molecular formula is C20H25N3O2. The van der Waals surface area contributed by atoms with E-state index >= 15 is 0 Å². The van der Waals surface area contributed by atoms with E-state index in [0.29, 0.717) is 13.1 Å². The number of para-hydroxylation sites is 1. The molecular weight excluding hydrogens is 314 g/mol. The molecule has 5 heteroatoms. The molecule has 0 fully saturated rings. The van der Waals surface area contributed by atoms with Gasteiger partial charge in [-0.2, -0.15) is 0 Å². The third-order valence-corrected chi connectivity index (χ3v) is 4.57. The van der Waals surface area contributed by atoms with Crippen molar-refractivity contribution < 1.29 is 9.90 Å². The average Bonchev–Trinajstić information content (AvgIpc) is 2.64. The van der Waals surface area contributed by atoms with Gasteiger partial charge >= 0.3 is 0 Å². The Bertz CT molecular complexity index is 730. The number of likely N-dealkylation sites (N-methyl/N-ethyl adjacent to an activating group) is 1. The molecule has 0 aliphatic carbocycles. The van der Waals surface area contributed by atoms with Crippen molar-refractivity contribution in [2.75, 3.05) is 37.0 Å². The Morgan fingerprint density at radius 2 is 1.88 bits per heavy atom. The van der Waals surface area contributed by atoms with Gasteiger partial charge in [-0.15, -0.1) is 0 Å². The molecule has 1 heterocycles. The number of benzene rings is 2. The van der Waals surface area contributed by atoms with Crippen molar-refractivity contribution in [3.8, 4) is 0 Å². The fourth-order valence-corrected chi connectivity index (χ4v) is 3.22. The smallest absolute Gasteiger partial charge is 0.257 e. The maximum absolute atomic E-state index is 12.9. The molecule has 2 N–H and O–H groups in total. The minimum absolute atomic E-state index is 0.0719. The average molecular weight is 339 g/mol. The summed E-state index contributed by atoms with van der Waals surface area (Å²) in [6.07, 6.45) is 0.739. The molecule has 2 aromatic carbocycles. The standard InChI is InChI=1S/C20H25N3O2/c1-3-12-23-19(21-18-7-5-4-6-17(18)20(23)25)15-8-10-16(11-9-15)22(2)13-14-24/h4-11,19,21,24H,3,12-14H2,1-2H3/t19-/m1/s1. The third-order valence-electron chi connectivity index (χ3n) is 4.57. The van der Waals surface area contributed by atoms with Gasteiger partial charge in [-0.3, -0.25) is 4.79 Å². The van der Waals surface area contributed by atoms with Gasteiger partial charge in [0.15, 0.2) is 0 Å². The van der Waals surface area contributed by atoms with Gasteiger partial charge in [0.25, 0.3) is 5.91 Å². The van der Waals surface area contributed by atoms with Crippen LogP contribution in [0.3, 0.4) is 0 Å². The zero-order valence-corrected chi connectivity index (χ0v) is 14.8. The number of anilines is 2. The van der Waals surface area contributed by atoms with Crippen LogP contribution in [-0.4, -0.2) is 42.7 Å². The first-order chi connectivity index (χ1) is 12.2. The van der Waals surface area contributed by atoms with Gasteiger partial charge < -0.3 is 20.2 Å². The van der Waals surface area contributed by atoms with Crippen molar-refractivity contribution >= 4 is 17.3 Å². The summed E-state index contributed by atoms with van der Waals surface area (Å²) >= 11 is 0. The topological polar surface area (TPSA) is 55.8 Å². The zero-order chi connectivity index (χ0) is 17.8. The summed E-state index contributed by atoms with van der Waals surface area (Å²) < 4.78 is 0. The van der Waals surface area contributed by atoms with Crippen LogP contribution in [-0.2, 0) is 0 Å². The number of hydrogen-bond acceptors (Lipinski definition) is 4. The van der Waals surface area contributed by atoms with Gasteiger partial charge in [-0.25, -0.2) is 0 Å². The molecule has 1 aliphatic heterocycles. The van der Waals surface area contributed by atoms with Crippen LogP contribution in [0.1, 0.15) is 35.4 Å². The van der Waals surface area contributed by atoms with E-state index in [-0.39, 0.29) is 18.7 Å². The van der Waals surface area contributed by atoms with Crippen molar-refractivity contribution in [3.05, 3.63) is 59.7 Å². The van der Waals surface area contributed by atoms with Crippen molar-refractivity contribution in [1.29, 1.82) is 0 Å². The van der Waals surface area contributed by atoms with Crippen LogP contribution in [0.5, 0.6) is 0 Å². The van der Waals surface area contributed by atoms with Crippen LogP contribution in [0.25, 0.3) is 0 Å². The largest absolute Gasteiger partial charge is 0.395 e. The maximum atomic E-state index is 12.9. The van der Waals surface area contributed by atoms with Gasteiger partial charge in [0, 0.05) is 31.5 Å². The monoisotopic (exact) mass is 339 g/mol. The second-order valence-electron chi connectivity index (χ2n) is 6.33. The molecule has 0 bridgehead atoms. The Morgan fingerprint density at radius 1 is 1.16 bits per heavy atom. The van der Waals surface area contributed by atoms with E-state index in [1.54, 1.807) is 0 Å². The number of carbonyl (C=O) groups excluding carboxylic acids is 1. The number of carbonyl (C=O) groups is 1. The second-order valence-corrected chi connectivity index (χ2v) is 6.33. The van der Waals surface area contributed by atoms with Crippen molar-refractivity contribution in [1.82, 2.24) is 4.90 Å². The summed E-state index contributed by atoms with van der Waals surface area (Å²) in [6.45, 7) is 3.50. The number of aliphatic hydroxyl groups excluding tert-OH is 1. The molecule has 0 saturated carbocycles. The van der Waals surface area contributed by atoms with Crippen LogP contribution in [0.15, 0.2) is 48.5 Å². The normalized spacial score (nSPS) is 16.4. The van der Waals surface area contributed by atoms with E-state index in [1.165, 1.54) is 0 Å². The van der Waals surface area contributed by atoms with Gasteiger partial charge in [0.1, 0.15) is 6.17 Å². The van der Waals surface area contributed by atoms with Crippen LogP contribution >= 0.6 is 0 Å². The lowest BCUT2D eigenvalue weighted by molar-refractivity contribution is 0.0683. The fraction of sp³-hybridized carbons (Fsp3) is 0.350. The predicted molar refractivity (Wildman–Crippen MR) is 101 cm³/mol. The summed E-state index contributed by atoms with van der Waals surface area (Å²) in [7, 11) is 1.95. The quantitative estimate of drug-likeness (QED) is 0.849. The van der Waals surface area contributed by atoms with Crippen LogP contribution < -0.4 is 10.2 Å². The zero-order valence-electron chi connectivity index (χ0n) is 14.8. The first-order valence-corrected chi connectivity index (χ1v) is 8.74. The van der Waals surface area contributed by atoms with E-state index in [9.17, 15) is 4.79 Å². The van der Waals surface area contributed by atoms with Crippen molar-refractivity contribution in [3.63, 3.8) is 0 Å². The molecule has 0 unspecified atom stereocenters. The highest BCUT2D eigenvalue weighted by atomic mass is 16.3. The van der Waals surface area contributed by atoms with Crippen LogP contribution in [0.2, 0.25) is 0 Å². The highest BCUT2D eigenvalue weighted by Crippen LogP contribution is 2.33. The Labute approximate surface area is 148 Å². The summed E-state index contributed by atoms with van der Waals surface area (Å²) in [4.78, 5) is 16.8. The molecule has 0 spiro atoms. The highest BCUT2D eigenvalue weighted by Gasteiger charge is 2.32. The molecule has 1 amide bonds. The summed E-state index contributed by atoms with van der Waals surface area (Å²) in [5, 5.41) is 12.6. The molecule has 0 saturated heterocycles. The van der Waals surface area contributed by atoms with E-state index in [1.807, 2.05) is 65.4 Å². The van der Waals surface area contributed by atoms with E-state index in [4.69, 9.17) is 5.11 Å². The minimum atomic E-state index is -0.167. The Morgan fingerprint density at radius 3 is 2.56 bits per heavy atom. The lowest BCUT2D eigenvalue weighted by atomic mass is 10.0. The molecule has 3 rings (SSSR count). The fourth-order valence-electron chi connectivity index (χ4n) is 3.22. The summed E-state index contributed by atoms with van der Waals surface area (Å²) in [5.74, 6) is 0.0719. The molecule has 132 valence electrons. The molecule has 25 heavy (non-hydrogen) atoms. The third kappa shape index (κ3) is 3.46. The summed E-state index contributed by atoms with van der Waals surface area (Å²) in [5.41, 5.74) is 3.71. The van der Waals surface area contributed by atoms with Gasteiger partial charge in [0.05, 0.1) is 12.2 Å². The van der Waals surface area contributed by atoms with Crippen LogP contribution in [0, 0.1) is 0 Å². The highest BCUT2D eigenvalue weighted by molar-refractivity contribution is 6.01. The molecule has 0 aromatic heterocycles. The van der Waals surface area contributed by atoms with E-state index < -0.39 is 0 Å². The minimum Gasteiger partial charge on any atom is -0.395 e. The van der Waals surface area contributed by atoms with Crippen molar-refractivity contribution in [2.24, 2.45) is 0 Å². The number of hydrogen-bond donors (Lipinski definition) is 2. The SMILES string of the molecule is CCCN1C(=O)c2ccccc2N[C@H]1c1ccc(N(C)CCO)cc1. The van der Waals surface area contributed by atoms with Gasteiger partial charge in [-0.1, -0.05) is 31.2 Å². The Hall–Kier alpha value is -2.53. The summed E-state index contributed by atoms with van der Waals surface area (Å²) in [6, 6.07) is 15.8. The van der Waals surface area contributed by atoms with Gasteiger partial charge in [0.2, 0.25) is 0 Å². The number of amides is 1. The number of fused-ring (bicyclic) bond motifs is 1. The van der Waals surface area contributed by atoms with Gasteiger partial charge in [-0.05, 0) is 36.2 Å². The molecule has 1 atom stereocenters. The predicted octanol–water partition coefficient (Wildman–Crippen LogP) is 3.09. The van der Waals surface area contributed by atoms with Crippen molar-refractivity contribution in [2.45, 2.75) is 19.5 Å². The number of aliphatic hydroxyl groups is 1. The molecule has 2 aromatic rings. The maximum Gasteiger partial charge on any atom is 0.257 e. The molecule has 1 aliphatic rings. The number of nitrogens with zero attached hydrogens (tertiary/aromatic N) is 2. The van der Waals surface area contributed by atoms with Crippen LogP contribution in [0.4, 0.5) is 11.4 Å². The molecule has 5 nitrogen and oxygen atoms in total. The molecule has 0 radical (unpaired) electrons. The number of rotatable bonds is 6.